The van der Waals surface area contributed by atoms with Gasteiger partial charge < -0.3 is 9.26 Å². The number of methoxy groups -OCH3 is 1. The highest BCUT2D eigenvalue weighted by Crippen LogP contribution is 2.44. The first-order valence-electron chi connectivity index (χ1n) is 4.51. The third-order valence-corrected chi connectivity index (χ3v) is 4.89. The van der Waals surface area contributed by atoms with Crippen molar-refractivity contribution in [1.82, 2.24) is 4.86 Å². The van der Waals surface area contributed by atoms with Crippen molar-refractivity contribution in [3.63, 3.8) is 0 Å². The van der Waals surface area contributed by atoms with Crippen LogP contribution in [0.5, 0.6) is 5.75 Å². The molecule has 2 rings (SSSR count). The van der Waals surface area contributed by atoms with E-state index in [1.54, 1.807) is 7.11 Å². The zero-order valence-electron chi connectivity index (χ0n) is 8.57. The molecule has 8 heteroatoms. The Morgan fingerprint density at radius 2 is 2.44 bits per heavy atom. The van der Waals surface area contributed by atoms with Gasteiger partial charge >= 0.3 is 0 Å². The van der Waals surface area contributed by atoms with Gasteiger partial charge in [-0.2, -0.15) is 13.9 Å². The van der Waals surface area contributed by atoms with Crippen molar-refractivity contribution in [3.8, 4) is 5.75 Å². The van der Waals surface area contributed by atoms with E-state index < -0.39 is 8.45 Å². The third-order valence-electron chi connectivity index (χ3n) is 1.82. The molecule has 1 aliphatic rings. The van der Waals surface area contributed by atoms with Crippen LogP contribution in [0.2, 0.25) is 0 Å². The van der Waals surface area contributed by atoms with E-state index in [0.29, 0.717) is 6.61 Å². The van der Waals surface area contributed by atoms with E-state index >= 15 is 0 Å². The molecule has 1 N–H and O–H groups in total. The molecule has 1 aliphatic heterocycles. The van der Waals surface area contributed by atoms with Crippen molar-refractivity contribution in [2.75, 3.05) is 7.11 Å². The summed E-state index contributed by atoms with van der Waals surface area (Å²) in [5, 5.41) is 0. The number of ether oxygens (including phenoxy) is 1. The lowest BCUT2D eigenvalue weighted by atomic mass is 10.2. The summed E-state index contributed by atoms with van der Waals surface area (Å²) in [6.45, 7) is 0.532. The SMILES string of the molecule is COc1cccc(COP2N=PN=PN2)c1. The minimum absolute atomic E-state index is 0.532. The number of nitrogens with zero attached hydrogens (tertiary/aromatic N) is 2. The molecule has 5 nitrogen and oxygen atoms in total. The van der Waals surface area contributed by atoms with Crippen LogP contribution in [-0.2, 0) is 11.1 Å². The number of nitrogens with one attached hydrogen (secondary N) is 1. The predicted molar refractivity (Wildman–Crippen MR) is 66.5 cm³/mol. The predicted octanol–water partition coefficient (Wildman–Crippen LogP) is 4.13. The van der Waals surface area contributed by atoms with Crippen LogP contribution in [0.4, 0.5) is 0 Å². The molecule has 16 heavy (non-hydrogen) atoms. The summed E-state index contributed by atoms with van der Waals surface area (Å²) >= 11 is 0. The summed E-state index contributed by atoms with van der Waals surface area (Å²) < 4.78 is 18.9. The average Bonchev–Trinajstić information content (AvgIpc) is 2.38. The van der Waals surface area contributed by atoms with Crippen molar-refractivity contribution in [3.05, 3.63) is 29.8 Å². The highest BCUT2D eigenvalue weighted by atomic mass is 31.2. The Labute approximate surface area is 98.4 Å². The van der Waals surface area contributed by atoms with Gasteiger partial charge in [-0.15, -0.1) is 0 Å². The van der Waals surface area contributed by atoms with Crippen LogP contribution < -0.4 is 9.59 Å². The summed E-state index contributed by atoms with van der Waals surface area (Å²) in [4.78, 5) is 3.06. The first-order valence-corrected chi connectivity index (χ1v) is 7.37. The van der Waals surface area contributed by atoms with E-state index in [2.05, 4.69) is 13.9 Å². The van der Waals surface area contributed by atoms with E-state index in [4.69, 9.17) is 9.26 Å². The molecule has 0 aliphatic carbocycles. The zero-order chi connectivity index (χ0) is 11.2. The molecule has 0 amide bonds. The molecule has 1 atom stereocenters. The van der Waals surface area contributed by atoms with Crippen molar-refractivity contribution in [1.29, 1.82) is 0 Å². The van der Waals surface area contributed by atoms with E-state index in [-0.39, 0.29) is 0 Å². The highest BCUT2D eigenvalue weighted by molar-refractivity contribution is 7.63. The van der Waals surface area contributed by atoms with Crippen LogP contribution in [0.15, 0.2) is 33.3 Å². The number of rotatable bonds is 4. The molecule has 1 heterocycles. The van der Waals surface area contributed by atoms with Crippen molar-refractivity contribution >= 4 is 25.5 Å². The van der Waals surface area contributed by atoms with Crippen molar-refractivity contribution < 1.29 is 9.26 Å². The normalized spacial score (nSPS) is 20.7. The van der Waals surface area contributed by atoms with E-state index in [1.807, 2.05) is 24.3 Å². The van der Waals surface area contributed by atoms with Crippen LogP contribution in [-0.4, -0.2) is 7.11 Å². The van der Waals surface area contributed by atoms with Gasteiger partial charge in [-0.1, -0.05) is 12.1 Å². The molecule has 0 radical (unpaired) electrons. The molecule has 0 saturated carbocycles. The molecule has 1 aromatic rings. The fourth-order valence-electron chi connectivity index (χ4n) is 1.11. The second kappa shape index (κ2) is 6.34. The fraction of sp³-hybridized carbons (Fsp3) is 0.250. The molecule has 0 bridgehead atoms. The maximum atomic E-state index is 5.63. The number of benzene rings is 1. The largest absolute Gasteiger partial charge is 0.497 e. The summed E-state index contributed by atoms with van der Waals surface area (Å²) in [6.07, 6.45) is 0. The molecule has 0 aromatic heterocycles. The van der Waals surface area contributed by atoms with Gasteiger partial charge in [0.25, 0.3) is 8.45 Å². The lowest BCUT2D eigenvalue weighted by molar-refractivity contribution is 0.338. The fourth-order valence-corrected chi connectivity index (χ4v) is 4.08. The number of hydrogen-bond acceptors (Lipinski definition) is 5. The maximum Gasteiger partial charge on any atom is 0.250 e. The minimum atomic E-state index is -0.894. The first kappa shape index (κ1) is 12.0. The lowest BCUT2D eigenvalue weighted by Gasteiger charge is -2.11. The summed E-state index contributed by atoms with van der Waals surface area (Å²) in [5.74, 6) is 0.841. The van der Waals surface area contributed by atoms with E-state index in [0.717, 1.165) is 28.4 Å². The lowest BCUT2D eigenvalue weighted by Crippen LogP contribution is -1.95. The summed E-state index contributed by atoms with van der Waals surface area (Å²) in [7, 11) is 2.36. The summed E-state index contributed by atoms with van der Waals surface area (Å²) in [5.41, 5.74) is 1.08. The Morgan fingerprint density at radius 1 is 1.50 bits per heavy atom. The molecule has 0 saturated heterocycles. The van der Waals surface area contributed by atoms with Gasteiger partial charge in [-0.3, -0.25) is 0 Å². The van der Waals surface area contributed by atoms with Gasteiger partial charge in [-0.25, -0.2) is 0 Å². The van der Waals surface area contributed by atoms with Crippen LogP contribution >= 0.6 is 25.5 Å². The van der Waals surface area contributed by atoms with Gasteiger partial charge in [0.05, 0.1) is 13.7 Å². The van der Waals surface area contributed by atoms with Gasteiger partial charge in [-0.05, 0) is 17.7 Å². The smallest absolute Gasteiger partial charge is 0.250 e. The van der Waals surface area contributed by atoms with Crippen LogP contribution in [0, 0.1) is 0 Å². The Hall–Kier alpha value is -0.430. The highest BCUT2D eigenvalue weighted by Gasteiger charge is 2.09. The molecule has 84 valence electrons. The molecular weight excluding hydrogens is 263 g/mol. The topological polar surface area (TPSA) is 55.2 Å². The van der Waals surface area contributed by atoms with Crippen LogP contribution in [0.1, 0.15) is 5.56 Å². The standard InChI is InChI=1S/C8H10N3O2P3/c1-12-8-4-2-3-7(5-8)6-13-16-10-14-9-15-11-16/h2-5H,6H2,1H3,(H,9,10,11). The number of hydrogen-bond donors (Lipinski definition) is 1. The van der Waals surface area contributed by atoms with Gasteiger partial charge in [0.15, 0.2) is 8.52 Å². The maximum absolute atomic E-state index is 5.63. The molecular formula is C8H10N3O2P3. The van der Waals surface area contributed by atoms with Crippen molar-refractivity contribution in [2.45, 2.75) is 6.61 Å². The van der Waals surface area contributed by atoms with E-state index in [1.165, 1.54) is 0 Å². The first-order chi connectivity index (χ1) is 7.88. The van der Waals surface area contributed by atoms with Crippen LogP contribution in [0.3, 0.4) is 0 Å². The second-order valence-electron chi connectivity index (χ2n) is 2.87. The zero-order valence-corrected chi connectivity index (χ0v) is 11.3. The Morgan fingerprint density at radius 3 is 3.19 bits per heavy atom. The van der Waals surface area contributed by atoms with E-state index in [9.17, 15) is 0 Å². The summed E-state index contributed by atoms with van der Waals surface area (Å²) in [6, 6.07) is 7.82. The Bertz CT molecular complexity index is 413. The molecule has 0 spiro atoms. The third kappa shape index (κ3) is 3.55. The molecule has 1 unspecified atom stereocenters. The van der Waals surface area contributed by atoms with Gasteiger partial charge in [0.1, 0.15) is 14.3 Å². The monoisotopic (exact) mass is 273 g/mol. The second-order valence-corrected chi connectivity index (χ2v) is 6.28. The van der Waals surface area contributed by atoms with Gasteiger partial charge in [0, 0.05) is 0 Å². The van der Waals surface area contributed by atoms with Crippen molar-refractivity contribution in [2.24, 2.45) is 9.03 Å². The van der Waals surface area contributed by atoms with Gasteiger partial charge in [0.2, 0.25) is 0 Å². The van der Waals surface area contributed by atoms with Crippen LogP contribution in [0.25, 0.3) is 0 Å². The average molecular weight is 273 g/mol. The Balaban J connectivity index is 1.89. The minimum Gasteiger partial charge on any atom is -0.497 e. The molecule has 0 fully saturated rings. The Kier molecular flexibility index (Phi) is 4.77. The quantitative estimate of drug-likeness (QED) is 0.839. The molecule has 1 aromatic carbocycles.